The lowest BCUT2D eigenvalue weighted by molar-refractivity contribution is 0.195. The fourth-order valence-electron chi connectivity index (χ4n) is 16.6. The molecule has 378 valence electrons. The van der Waals surface area contributed by atoms with Gasteiger partial charge in [-0.15, -0.1) is 11.3 Å². The summed E-state index contributed by atoms with van der Waals surface area (Å²) < 4.78 is 2.93. The van der Waals surface area contributed by atoms with E-state index in [0.29, 0.717) is 0 Å². The first-order chi connectivity index (χ1) is 34.9. The van der Waals surface area contributed by atoms with Crippen molar-refractivity contribution in [3.05, 3.63) is 148 Å². The molecule has 3 aliphatic heterocycles. The average Bonchev–Trinajstić information content (AvgIpc) is 4.08. The van der Waals surface area contributed by atoms with Gasteiger partial charge in [0.2, 0.25) is 0 Å². The third-order valence-corrected chi connectivity index (χ3v) is 22.5. The lowest BCUT2D eigenvalue weighted by atomic mass is 9.35. The van der Waals surface area contributed by atoms with Crippen LogP contribution in [0.5, 0.6) is 0 Å². The number of rotatable bonds is 3. The van der Waals surface area contributed by atoms with Gasteiger partial charge in [0, 0.05) is 60.1 Å². The third kappa shape index (κ3) is 6.20. The number of fused-ring (bicyclic) bond motifs is 15. The minimum absolute atomic E-state index is 0.0236. The van der Waals surface area contributed by atoms with Crippen LogP contribution >= 0.6 is 11.3 Å². The van der Waals surface area contributed by atoms with Crippen molar-refractivity contribution in [2.45, 2.75) is 198 Å². The quantitative estimate of drug-likeness (QED) is 0.163. The highest BCUT2D eigenvalue weighted by Crippen LogP contribution is 2.64. The molecule has 2 bridgehead atoms. The Morgan fingerprint density at radius 3 is 1.66 bits per heavy atom. The Balaban J connectivity index is 1.14. The molecule has 4 heterocycles. The highest BCUT2D eigenvalue weighted by Gasteiger charge is 2.59. The number of nitrogens with zero attached hydrogens (tertiary/aromatic N) is 3. The molecule has 0 saturated heterocycles. The van der Waals surface area contributed by atoms with E-state index in [4.69, 9.17) is 0 Å². The van der Waals surface area contributed by atoms with E-state index < -0.39 is 0 Å². The van der Waals surface area contributed by atoms with Gasteiger partial charge in [0.25, 0.3) is 6.71 Å². The van der Waals surface area contributed by atoms with Crippen LogP contribution in [0.4, 0.5) is 45.5 Å². The molecule has 4 unspecified atom stereocenters. The van der Waals surface area contributed by atoms with Crippen LogP contribution in [0.2, 0.25) is 0 Å². The Hall–Kier alpha value is -5.26. The van der Waals surface area contributed by atoms with Gasteiger partial charge in [-0.3, -0.25) is 0 Å². The maximum atomic E-state index is 2.84. The van der Waals surface area contributed by atoms with Gasteiger partial charge in [-0.1, -0.05) is 151 Å². The van der Waals surface area contributed by atoms with Crippen molar-refractivity contribution in [1.29, 1.82) is 0 Å². The summed E-state index contributed by atoms with van der Waals surface area (Å²) in [6.45, 7) is 34.5. The van der Waals surface area contributed by atoms with Gasteiger partial charge in [0.15, 0.2) is 0 Å². The molecule has 2 saturated carbocycles. The number of anilines is 8. The van der Waals surface area contributed by atoms with Crippen molar-refractivity contribution in [3.63, 3.8) is 0 Å². The fraction of sp³-hybridized carbons (Fsp3) is 0.449. The van der Waals surface area contributed by atoms with E-state index >= 15 is 0 Å². The predicted octanol–water partition coefficient (Wildman–Crippen LogP) is 17.4. The van der Waals surface area contributed by atoms with Gasteiger partial charge in [-0.25, -0.2) is 0 Å². The third-order valence-electron chi connectivity index (χ3n) is 21.3. The molecule has 2 fully saturated rings. The number of thiophene rings is 1. The van der Waals surface area contributed by atoms with Crippen LogP contribution < -0.4 is 30.4 Å². The second kappa shape index (κ2) is 14.8. The van der Waals surface area contributed by atoms with Gasteiger partial charge in [-0.2, -0.15) is 0 Å². The highest BCUT2D eigenvalue weighted by molar-refractivity contribution is 7.33. The zero-order chi connectivity index (χ0) is 51.7. The molecule has 74 heavy (non-hydrogen) atoms. The van der Waals surface area contributed by atoms with Crippen molar-refractivity contribution in [2.75, 3.05) is 14.7 Å². The summed E-state index contributed by atoms with van der Waals surface area (Å²) in [6, 6.07) is 45.1. The van der Waals surface area contributed by atoms with Crippen LogP contribution in [-0.2, 0) is 37.9 Å². The Morgan fingerprint density at radius 1 is 0.486 bits per heavy atom. The molecule has 3 nitrogen and oxygen atoms in total. The molecule has 5 heteroatoms. The van der Waals surface area contributed by atoms with Crippen LogP contribution in [-0.4, -0.2) is 12.3 Å². The van der Waals surface area contributed by atoms with Crippen LogP contribution in [0.1, 0.15) is 194 Å². The molecule has 0 N–H and O–H groups in total. The molecule has 1 aromatic heterocycles. The van der Waals surface area contributed by atoms with Crippen LogP contribution in [0, 0.1) is 0 Å². The van der Waals surface area contributed by atoms with E-state index in [-0.39, 0.29) is 50.2 Å². The van der Waals surface area contributed by atoms with Crippen molar-refractivity contribution in [2.24, 2.45) is 0 Å². The minimum atomic E-state index is -0.102. The maximum Gasteiger partial charge on any atom is 0.264 e. The summed E-state index contributed by atoms with van der Waals surface area (Å²) >= 11 is 2.10. The smallest absolute Gasteiger partial charge is 0.264 e. The Kier molecular flexibility index (Phi) is 9.45. The summed E-state index contributed by atoms with van der Waals surface area (Å²) in [4.78, 5) is 8.34. The Morgan fingerprint density at radius 2 is 1.04 bits per heavy atom. The SMILES string of the molecule is CC(C)(C)c1ccc(N2c3cc4c(cc3B3c5sc6cc7c(cc6c5N(c5ccc(C(C)(C)C)cc5)c5cc(N6c8ccccc8C8(C)CCCCC68C)cc2c53)C2(C)CCC7(C)C2)C(C)(C)CCC4(C)C)cc1. The molecule has 0 spiro atoms. The molecule has 7 aliphatic rings. The van der Waals surface area contributed by atoms with E-state index in [1.165, 1.54) is 150 Å². The average molecular weight is 992 g/mol. The summed E-state index contributed by atoms with van der Waals surface area (Å²) in [6.07, 6.45) is 11.1. The van der Waals surface area contributed by atoms with Crippen LogP contribution in [0.25, 0.3) is 10.1 Å². The lowest BCUT2D eigenvalue weighted by Crippen LogP contribution is -2.61. The van der Waals surface area contributed by atoms with E-state index in [2.05, 4.69) is 232 Å². The minimum Gasteiger partial charge on any atom is -0.334 e. The number of benzene rings is 6. The second-order valence-corrected chi connectivity index (χ2v) is 30.1. The van der Waals surface area contributed by atoms with E-state index in [1.807, 2.05) is 0 Å². The summed E-state index contributed by atoms with van der Waals surface area (Å²) in [5.41, 5.74) is 24.5. The Bertz CT molecular complexity index is 3550. The number of hydrogen-bond acceptors (Lipinski definition) is 4. The van der Waals surface area contributed by atoms with Crippen LogP contribution in [0.3, 0.4) is 0 Å². The molecule has 4 aliphatic carbocycles. The fourth-order valence-corrected chi connectivity index (χ4v) is 18.0. The lowest BCUT2D eigenvalue weighted by Gasteiger charge is -2.51. The zero-order valence-corrected chi connectivity index (χ0v) is 47.9. The van der Waals surface area contributed by atoms with E-state index in [0.717, 1.165) is 6.42 Å². The van der Waals surface area contributed by atoms with Crippen molar-refractivity contribution < 1.29 is 0 Å². The van der Waals surface area contributed by atoms with Gasteiger partial charge in [-0.05, 0) is 195 Å². The zero-order valence-electron chi connectivity index (χ0n) is 47.1. The first-order valence-corrected chi connectivity index (χ1v) is 29.4. The monoisotopic (exact) mass is 992 g/mol. The van der Waals surface area contributed by atoms with Crippen molar-refractivity contribution >= 4 is 89.3 Å². The predicted molar refractivity (Wildman–Crippen MR) is 320 cm³/mol. The first kappa shape index (κ1) is 47.2. The summed E-state index contributed by atoms with van der Waals surface area (Å²) in [5.74, 6) is 0. The maximum absolute atomic E-state index is 2.84. The van der Waals surface area contributed by atoms with Crippen molar-refractivity contribution in [1.82, 2.24) is 0 Å². The van der Waals surface area contributed by atoms with E-state index in [9.17, 15) is 0 Å². The van der Waals surface area contributed by atoms with Gasteiger partial charge < -0.3 is 14.7 Å². The molecule has 6 aromatic carbocycles. The standard InChI is InChI=1S/C69H78BN3S/c1-62(2,3)42-21-25-44(26-22-42)71-55-39-50-49(64(7,8)31-32-65(50,9)10)38-53(55)70-59-56(71)35-46(73-54-20-16-15-19-48(54)68(13)29-17-18-30-69(68,73)14)36-57(59)72(45-27-23-43(24-28-45)63(4,5)6)60-47-37-51-52(40-58(47)74-61(60)70)67(12)34-33-66(51,11)41-67/h15-16,19-28,35-40H,17-18,29-34,41H2,1-14H3. The topological polar surface area (TPSA) is 9.72 Å². The van der Waals surface area contributed by atoms with Gasteiger partial charge >= 0.3 is 0 Å². The molecular weight excluding hydrogens is 914 g/mol. The molecular formula is C69H78BN3S. The summed E-state index contributed by atoms with van der Waals surface area (Å²) in [7, 11) is 0. The number of para-hydroxylation sites is 1. The van der Waals surface area contributed by atoms with E-state index in [1.54, 1.807) is 11.1 Å². The summed E-state index contributed by atoms with van der Waals surface area (Å²) in [5, 5.41) is 1.43. The van der Waals surface area contributed by atoms with Crippen molar-refractivity contribution in [3.8, 4) is 0 Å². The Labute approximate surface area is 447 Å². The number of hydrogen-bond donors (Lipinski definition) is 0. The first-order valence-electron chi connectivity index (χ1n) is 28.5. The normalized spacial score (nSPS) is 26.6. The van der Waals surface area contributed by atoms with Gasteiger partial charge in [0.05, 0.1) is 11.2 Å². The molecule has 4 atom stereocenters. The highest BCUT2D eigenvalue weighted by atomic mass is 32.1. The van der Waals surface area contributed by atoms with Crippen LogP contribution in [0.15, 0.2) is 109 Å². The van der Waals surface area contributed by atoms with Gasteiger partial charge in [0.1, 0.15) is 0 Å². The molecule has 0 radical (unpaired) electrons. The molecule has 0 amide bonds. The largest absolute Gasteiger partial charge is 0.334 e. The second-order valence-electron chi connectivity index (χ2n) is 29.0. The molecule has 7 aromatic rings. The molecule has 14 rings (SSSR count).